The summed E-state index contributed by atoms with van der Waals surface area (Å²) in [5.41, 5.74) is 4.58. The minimum Gasteiger partial charge on any atom is -0.254 e. The van der Waals surface area contributed by atoms with Crippen LogP contribution in [0.2, 0.25) is 0 Å². The van der Waals surface area contributed by atoms with Gasteiger partial charge < -0.3 is 0 Å². The van der Waals surface area contributed by atoms with Gasteiger partial charge in [0.25, 0.3) is 0 Å². The molecule has 0 unspecified atom stereocenters. The molecule has 1 aromatic carbocycles. The molecule has 0 aromatic heterocycles. The summed E-state index contributed by atoms with van der Waals surface area (Å²) < 4.78 is 0. The zero-order valence-electron chi connectivity index (χ0n) is 9.17. The molecule has 0 atom stereocenters. The standard InChI is InChI=1S/C13H17N/c1-5-11(4)14-13-8-7-12(6-2)9-10(13)3/h5,7-9H,1,6H2,2-4H3. The van der Waals surface area contributed by atoms with Gasteiger partial charge >= 0.3 is 0 Å². The molecule has 0 fully saturated rings. The number of nitrogens with zero attached hydrogens (tertiary/aromatic N) is 1. The summed E-state index contributed by atoms with van der Waals surface area (Å²) in [6.45, 7) is 9.90. The second-order valence-corrected chi connectivity index (χ2v) is 3.43. The molecule has 1 rings (SSSR count). The Balaban J connectivity index is 3.06. The highest BCUT2D eigenvalue weighted by atomic mass is 14.7. The van der Waals surface area contributed by atoms with Crippen molar-refractivity contribution in [2.45, 2.75) is 27.2 Å². The maximum absolute atomic E-state index is 4.45. The molecule has 1 aromatic rings. The van der Waals surface area contributed by atoms with Crippen LogP contribution in [-0.4, -0.2) is 5.71 Å². The van der Waals surface area contributed by atoms with Crippen LogP contribution in [0.3, 0.4) is 0 Å². The molecule has 0 aliphatic carbocycles. The Morgan fingerprint density at radius 3 is 2.71 bits per heavy atom. The molecule has 0 amide bonds. The van der Waals surface area contributed by atoms with Crippen LogP contribution < -0.4 is 0 Å². The fourth-order valence-corrected chi connectivity index (χ4v) is 1.30. The topological polar surface area (TPSA) is 12.4 Å². The van der Waals surface area contributed by atoms with Crippen molar-refractivity contribution in [3.8, 4) is 0 Å². The Hall–Kier alpha value is -1.37. The minimum absolute atomic E-state index is 0.956. The lowest BCUT2D eigenvalue weighted by molar-refractivity contribution is 1.13. The average molecular weight is 187 g/mol. The van der Waals surface area contributed by atoms with Gasteiger partial charge in [-0.3, -0.25) is 4.99 Å². The van der Waals surface area contributed by atoms with E-state index in [1.54, 1.807) is 6.08 Å². The van der Waals surface area contributed by atoms with Crippen LogP contribution in [0.15, 0.2) is 35.8 Å². The Labute approximate surface area is 86.2 Å². The molecule has 0 bridgehead atoms. The van der Waals surface area contributed by atoms with Crippen molar-refractivity contribution in [1.29, 1.82) is 0 Å². The summed E-state index contributed by atoms with van der Waals surface area (Å²) in [6, 6.07) is 6.39. The maximum atomic E-state index is 4.45. The summed E-state index contributed by atoms with van der Waals surface area (Å²) in [4.78, 5) is 4.45. The highest BCUT2D eigenvalue weighted by Gasteiger charge is 1.97. The van der Waals surface area contributed by atoms with Crippen LogP contribution >= 0.6 is 0 Å². The summed E-state index contributed by atoms with van der Waals surface area (Å²) in [5.74, 6) is 0. The van der Waals surface area contributed by atoms with Gasteiger partial charge in [0.2, 0.25) is 0 Å². The first-order valence-electron chi connectivity index (χ1n) is 4.94. The van der Waals surface area contributed by atoms with Crippen LogP contribution in [0.1, 0.15) is 25.0 Å². The van der Waals surface area contributed by atoms with E-state index in [0.29, 0.717) is 0 Å². The molecule has 0 saturated heterocycles. The third-order valence-corrected chi connectivity index (χ3v) is 2.26. The van der Waals surface area contributed by atoms with Crippen LogP contribution in [0.25, 0.3) is 0 Å². The SMILES string of the molecule is C=CC(C)=Nc1ccc(CC)cc1C. The third-order valence-electron chi connectivity index (χ3n) is 2.26. The second kappa shape index (κ2) is 4.75. The Kier molecular flexibility index (Phi) is 3.63. The van der Waals surface area contributed by atoms with E-state index in [2.05, 4.69) is 43.6 Å². The summed E-state index contributed by atoms with van der Waals surface area (Å²) in [6.07, 6.45) is 2.85. The molecule has 0 aliphatic rings. The van der Waals surface area contributed by atoms with E-state index >= 15 is 0 Å². The first-order valence-corrected chi connectivity index (χ1v) is 4.94. The van der Waals surface area contributed by atoms with E-state index in [1.165, 1.54) is 11.1 Å². The normalized spacial score (nSPS) is 11.5. The number of allylic oxidation sites excluding steroid dienone is 1. The number of aliphatic imine (C=N–C) groups is 1. The molecule has 14 heavy (non-hydrogen) atoms. The van der Waals surface area contributed by atoms with Gasteiger partial charge in [-0.25, -0.2) is 0 Å². The van der Waals surface area contributed by atoms with Crippen molar-refractivity contribution in [2.24, 2.45) is 4.99 Å². The summed E-state index contributed by atoms with van der Waals surface area (Å²) >= 11 is 0. The van der Waals surface area contributed by atoms with Gasteiger partial charge in [0.1, 0.15) is 0 Å². The van der Waals surface area contributed by atoms with Crippen LogP contribution in [0.5, 0.6) is 0 Å². The molecule has 0 radical (unpaired) electrons. The van der Waals surface area contributed by atoms with E-state index in [1.807, 2.05) is 6.92 Å². The van der Waals surface area contributed by atoms with Gasteiger partial charge in [0, 0.05) is 5.71 Å². The quantitative estimate of drug-likeness (QED) is 0.638. The lowest BCUT2D eigenvalue weighted by atomic mass is 10.1. The van der Waals surface area contributed by atoms with Crippen molar-refractivity contribution in [3.05, 3.63) is 42.0 Å². The number of rotatable bonds is 3. The molecule has 0 aliphatic heterocycles. The van der Waals surface area contributed by atoms with E-state index in [9.17, 15) is 0 Å². The van der Waals surface area contributed by atoms with Gasteiger partial charge in [-0.1, -0.05) is 25.6 Å². The molecule has 0 heterocycles. The van der Waals surface area contributed by atoms with Crippen molar-refractivity contribution >= 4 is 11.4 Å². The van der Waals surface area contributed by atoms with E-state index in [4.69, 9.17) is 0 Å². The average Bonchev–Trinajstić information content (AvgIpc) is 2.20. The fourth-order valence-electron chi connectivity index (χ4n) is 1.30. The number of hydrogen-bond acceptors (Lipinski definition) is 1. The van der Waals surface area contributed by atoms with Gasteiger partial charge in [-0.15, -0.1) is 0 Å². The first-order chi connectivity index (χ1) is 6.67. The van der Waals surface area contributed by atoms with Crippen molar-refractivity contribution < 1.29 is 0 Å². The van der Waals surface area contributed by atoms with Gasteiger partial charge in [0.15, 0.2) is 0 Å². The highest BCUT2D eigenvalue weighted by molar-refractivity contribution is 5.94. The van der Waals surface area contributed by atoms with Crippen molar-refractivity contribution in [2.75, 3.05) is 0 Å². The molecule has 1 heteroatoms. The number of aryl methyl sites for hydroxylation is 2. The van der Waals surface area contributed by atoms with Crippen LogP contribution in [0.4, 0.5) is 5.69 Å². The monoisotopic (exact) mass is 187 g/mol. The van der Waals surface area contributed by atoms with E-state index in [-0.39, 0.29) is 0 Å². The maximum Gasteiger partial charge on any atom is 0.0662 e. The molecule has 0 spiro atoms. The van der Waals surface area contributed by atoms with Crippen LogP contribution in [0, 0.1) is 6.92 Å². The minimum atomic E-state index is 0.956. The van der Waals surface area contributed by atoms with E-state index in [0.717, 1.165) is 17.8 Å². The highest BCUT2D eigenvalue weighted by Crippen LogP contribution is 2.20. The lowest BCUT2D eigenvalue weighted by Crippen LogP contribution is -1.85. The number of hydrogen-bond donors (Lipinski definition) is 0. The van der Waals surface area contributed by atoms with Gasteiger partial charge in [-0.05, 0) is 43.5 Å². The van der Waals surface area contributed by atoms with Crippen molar-refractivity contribution in [1.82, 2.24) is 0 Å². The molecule has 1 nitrogen and oxygen atoms in total. The zero-order chi connectivity index (χ0) is 10.6. The zero-order valence-corrected chi connectivity index (χ0v) is 9.17. The summed E-state index contributed by atoms with van der Waals surface area (Å²) in [5, 5.41) is 0. The smallest absolute Gasteiger partial charge is 0.0662 e. The predicted molar refractivity (Wildman–Crippen MR) is 63.5 cm³/mol. The summed E-state index contributed by atoms with van der Waals surface area (Å²) in [7, 11) is 0. The Morgan fingerprint density at radius 1 is 1.50 bits per heavy atom. The van der Waals surface area contributed by atoms with Crippen LogP contribution in [-0.2, 0) is 6.42 Å². The molecule has 0 N–H and O–H groups in total. The first kappa shape index (κ1) is 10.7. The fraction of sp³-hybridized carbons (Fsp3) is 0.308. The van der Waals surface area contributed by atoms with Gasteiger partial charge in [-0.2, -0.15) is 0 Å². The van der Waals surface area contributed by atoms with Crippen molar-refractivity contribution in [3.63, 3.8) is 0 Å². The second-order valence-electron chi connectivity index (χ2n) is 3.43. The molecular formula is C13H17N. The predicted octanol–water partition coefficient (Wildman–Crippen LogP) is 3.84. The number of benzene rings is 1. The lowest BCUT2D eigenvalue weighted by Gasteiger charge is -2.03. The van der Waals surface area contributed by atoms with Gasteiger partial charge in [0.05, 0.1) is 5.69 Å². The Bertz CT molecular complexity index is 361. The third kappa shape index (κ3) is 2.56. The molecule has 0 saturated carbocycles. The largest absolute Gasteiger partial charge is 0.254 e. The molecular weight excluding hydrogens is 170 g/mol. The molecule has 74 valence electrons. The van der Waals surface area contributed by atoms with E-state index < -0.39 is 0 Å². The Morgan fingerprint density at radius 2 is 2.21 bits per heavy atom.